The van der Waals surface area contributed by atoms with Crippen LogP contribution in [-0.2, 0) is 14.6 Å². The van der Waals surface area contributed by atoms with E-state index in [1.54, 1.807) is 31.2 Å². The molecule has 0 aliphatic carbocycles. The van der Waals surface area contributed by atoms with E-state index in [2.05, 4.69) is 0 Å². The molecule has 0 aromatic heterocycles. The van der Waals surface area contributed by atoms with Gasteiger partial charge < -0.3 is 5.11 Å². The smallest absolute Gasteiger partial charge is 0.310 e. The second-order valence-corrected chi connectivity index (χ2v) is 7.23. The number of aliphatic carboxylic acids is 1. The molecular formula is C13H17ClO4S. The lowest BCUT2D eigenvalue weighted by Gasteiger charge is -2.12. The van der Waals surface area contributed by atoms with Gasteiger partial charge in [-0.2, -0.15) is 0 Å². The van der Waals surface area contributed by atoms with Crippen LogP contribution < -0.4 is 0 Å². The van der Waals surface area contributed by atoms with Crippen LogP contribution in [0.3, 0.4) is 0 Å². The second-order valence-electron chi connectivity index (χ2n) is 4.32. The molecule has 4 nitrogen and oxygen atoms in total. The summed E-state index contributed by atoms with van der Waals surface area (Å²) in [4.78, 5) is 11.2. The van der Waals surface area contributed by atoms with Gasteiger partial charge in [0.05, 0.1) is 11.7 Å². The zero-order chi connectivity index (χ0) is 14.5. The van der Waals surface area contributed by atoms with Crippen molar-refractivity contribution in [3.8, 4) is 0 Å². The molecule has 1 unspecified atom stereocenters. The maximum atomic E-state index is 11.4. The van der Waals surface area contributed by atoms with Gasteiger partial charge in [0.15, 0.2) is 0 Å². The molecular weight excluding hydrogens is 288 g/mol. The predicted octanol–water partition coefficient (Wildman–Crippen LogP) is 2.72. The lowest BCUT2D eigenvalue weighted by Crippen LogP contribution is -2.15. The fraction of sp³-hybridized carbons (Fsp3) is 0.462. The van der Waals surface area contributed by atoms with Crippen LogP contribution in [0, 0.1) is 0 Å². The number of carbonyl (C=O) groups is 1. The van der Waals surface area contributed by atoms with Gasteiger partial charge in [0, 0.05) is 10.8 Å². The summed E-state index contributed by atoms with van der Waals surface area (Å²) in [7, 11) is -3.04. The first-order valence-electron chi connectivity index (χ1n) is 6.04. The van der Waals surface area contributed by atoms with Gasteiger partial charge in [-0.3, -0.25) is 4.79 Å². The number of hydrogen-bond acceptors (Lipinski definition) is 3. The highest BCUT2D eigenvalue weighted by Gasteiger charge is 2.20. The third-order valence-corrected chi connectivity index (χ3v) is 5.00. The van der Waals surface area contributed by atoms with Gasteiger partial charge in [0.2, 0.25) is 0 Å². The minimum Gasteiger partial charge on any atom is -0.481 e. The number of carboxylic acids is 1. The monoisotopic (exact) mass is 304 g/mol. The summed E-state index contributed by atoms with van der Waals surface area (Å²) in [5.41, 5.74) is 0.644. The minimum atomic E-state index is -3.04. The third kappa shape index (κ3) is 5.20. The van der Waals surface area contributed by atoms with Crippen molar-refractivity contribution >= 4 is 27.4 Å². The molecule has 0 amide bonds. The Labute approximate surface area is 118 Å². The molecule has 0 bridgehead atoms. The Hall–Kier alpha value is -1.07. The highest BCUT2D eigenvalue weighted by Crippen LogP contribution is 2.23. The summed E-state index contributed by atoms with van der Waals surface area (Å²) in [6.45, 7) is 1.59. The predicted molar refractivity (Wildman–Crippen MR) is 75.4 cm³/mol. The summed E-state index contributed by atoms with van der Waals surface area (Å²) in [6.07, 6.45) is 0.645. The number of hydrogen-bond donors (Lipinski definition) is 1. The summed E-state index contributed by atoms with van der Waals surface area (Å²) in [5, 5.41) is 9.74. The first kappa shape index (κ1) is 16.0. The second kappa shape index (κ2) is 6.91. The molecule has 0 aliphatic heterocycles. The standard InChI is InChI=1S/C13H17ClO4S/c1-2-19(17,18)9-3-4-12(13(15)16)10-5-7-11(14)8-6-10/h5-8,12H,2-4,9H2,1H3,(H,15,16). The normalized spacial score (nSPS) is 13.2. The van der Waals surface area contributed by atoms with Crippen LogP contribution >= 0.6 is 11.6 Å². The van der Waals surface area contributed by atoms with Crippen LogP contribution in [0.1, 0.15) is 31.2 Å². The van der Waals surface area contributed by atoms with Gasteiger partial charge >= 0.3 is 5.97 Å². The van der Waals surface area contributed by atoms with Crippen molar-refractivity contribution < 1.29 is 18.3 Å². The van der Waals surface area contributed by atoms with Crippen molar-refractivity contribution in [2.24, 2.45) is 0 Å². The van der Waals surface area contributed by atoms with Gasteiger partial charge in [0.25, 0.3) is 0 Å². The largest absolute Gasteiger partial charge is 0.481 e. The summed E-state index contributed by atoms with van der Waals surface area (Å²) >= 11 is 5.75. The molecule has 106 valence electrons. The molecule has 0 aliphatic rings. The third-order valence-electron chi connectivity index (χ3n) is 2.96. The lowest BCUT2D eigenvalue weighted by atomic mass is 9.95. The van der Waals surface area contributed by atoms with Gasteiger partial charge in [-0.25, -0.2) is 8.42 Å². The van der Waals surface area contributed by atoms with Crippen LogP contribution in [0.5, 0.6) is 0 Å². The Morgan fingerprint density at radius 3 is 2.37 bits per heavy atom. The van der Waals surface area contributed by atoms with Gasteiger partial charge in [-0.05, 0) is 30.5 Å². The van der Waals surface area contributed by atoms with Crippen LogP contribution in [-0.4, -0.2) is 31.0 Å². The molecule has 1 aromatic rings. The van der Waals surface area contributed by atoms with E-state index in [0.29, 0.717) is 23.4 Å². The number of sulfone groups is 1. The first-order chi connectivity index (χ1) is 8.85. The van der Waals surface area contributed by atoms with Crippen LogP contribution in [0.15, 0.2) is 24.3 Å². The van der Waals surface area contributed by atoms with Gasteiger partial charge in [-0.1, -0.05) is 30.7 Å². The molecule has 1 N–H and O–H groups in total. The summed E-state index contributed by atoms with van der Waals surface area (Å²) in [6, 6.07) is 6.59. The molecule has 1 aromatic carbocycles. The van der Waals surface area contributed by atoms with Gasteiger partial charge in [0.1, 0.15) is 9.84 Å². The average Bonchev–Trinajstić information content (AvgIpc) is 2.36. The number of carboxylic acid groups (broad SMARTS) is 1. The summed E-state index contributed by atoms with van der Waals surface area (Å²) in [5.74, 6) is -1.52. The highest BCUT2D eigenvalue weighted by atomic mass is 35.5. The fourth-order valence-corrected chi connectivity index (χ4v) is 2.80. The Morgan fingerprint density at radius 2 is 1.89 bits per heavy atom. The van der Waals surface area contributed by atoms with Crippen molar-refractivity contribution in [1.29, 1.82) is 0 Å². The maximum Gasteiger partial charge on any atom is 0.310 e. The first-order valence-corrected chi connectivity index (χ1v) is 8.24. The van der Waals surface area contributed by atoms with Crippen molar-refractivity contribution in [2.45, 2.75) is 25.7 Å². The minimum absolute atomic E-state index is 0.0286. The molecule has 0 radical (unpaired) electrons. The van der Waals surface area contributed by atoms with E-state index in [1.165, 1.54) is 0 Å². The zero-order valence-corrected chi connectivity index (χ0v) is 12.2. The number of rotatable bonds is 7. The van der Waals surface area contributed by atoms with Gasteiger partial charge in [-0.15, -0.1) is 0 Å². The maximum absolute atomic E-state index is 11.4. The molecule has 1 rings (SSSR count). The molecule has 0 saturated carbocycles. The number of benzene rings is 1. The van der Waals surface area contributed by atoms with E-state index in [-0.39, 0.29) is 11.5 Å². The van der Waals surface area contributed by atoms with Crippen LogP contribution in [0.4, 0.5) is 0 Å². The Morgan fingerprint density at radius 1 is 1.32 bits per heavy atom. The van der Waals surface area contributed by atoms with Crippen LogP contribution in [0.25, 0.3) is 0 Å². The molecule has 0 heterocycles. The molecule has 19 heavy (non-hydrogen) atoms. The van der Waals surface area contributed by atoms with E-state index in [4.69, 9.17) is 11.6 Å². The topological polar surface area (TPSA) is 71.4 Å². The SMILES string of the molecule is CCS(=O)(=O)CCCC(C(=O)O)c1ccc(Cl)cc1. The van der Waals surface area contributed by atoms with E-state index >= 15 is 0 Å². The highest BCUT2D eigenvalue weighted by molar-refractivity contribution is 7.91. The van der Waals surface area contributed by atoms with E-state index in [1.807, 2.05) is 0 Å². The Balaban J connectivity index is 2.69. The van der Waals surface area contributed by atoms with E-state index in [9.17, 15) is 18.3 Å². The lowest BCUT2D eigenvalue weighted by molar-refractivity contribution is -0.139. The van der Waals surface area contributed by atoms with E-state index < -0.39 is 21.7 Å². The fourth-order valence-electron chi connectivity index (χ4n) is 1.78. The summed E-state index contributed by atoms with van der Waals surface area (Å²) < 4.78 is 22.7. The molecule has 0 fully saturated rings. The van der Waals surface area contributed by atoms with Crippen molar-refractivity contribution in [3.63, 3.8) is 0 Å². The quantitative estimate of drug-likeness (QED) is 0.840. The molecule has 1 atom stereocenters. The molecule has 0 saturated heterocycles. The van der Waals surface area contributed by atoms with E-state index in [0.717, 1.165) is 0 Å². The Bertz CT molecular complexity index is 522. The van der Waals surface area contributed by atoms with Crippen molar-refractivity contribution in [3.05, 3.63) is 34.9 Å². The van der Waals surface area contributed by atoms with Crippen LogP contribution in [0.2, 0.25) is 5.02 Å². The molecule has 6 heteroatoms. The Kier molecular flexibility index (Phi) is 5.82. The number of halogens is 1. The average molecular weight is 305 g/mol. The zero-order valence-electron chi connectivity index (χ0n) is 10.7. The molecule has 0 spiro atoms. The van der Waals surface area contributed by atoms with Crippen molar-refractivity contribution in [2.75, 3.05) is 11.5 Å². The van der Waals surface area contributed by atoms with Crippen molar-refractivity contribution in [1.82, 2.24) is 0 Å².